The molecule has 3 aromatic heterocycles. The number of carbonyl (C=O) groups excluding carboxylic acids is 2. The molecule has 0 aliphatic heterocycles. The minimum atomic E-state index is -4.69. The van der Waals surface area contributed by atoms with Gasteiger partial charge in [0, 0.05) is 37.7 Å². The molecular formula is C20H19ClF3N7O2S. The first kappa shape index (κ1) is 25.5. The summed E-state index contributed by atoms with van der Waals surface area (Å²) in [5.74, 6) is -1.08. The van der Waals surface area contributed by atoms with E-state index in [1.807, 2.05) is 0 Å². The molecule has 3 aromatic rings. The van der Waals surface area contributed by atoms with Gasteiger partial charge in [0.1, 0.15) is 28.5 Å². The summed E-state index contributed by atoms with van der Waals surface area (Å²) in [6, 6.07) is 2.18. The van der Waals surface area contributed by atoms with Gasteiger partial charge in [-0.15, -0.1) is 11.3 Å². The highest BCUT2D eigenvalue weighted by Gasteiger charge is 2.34. The second-order valence-electron chi connectivity index (χ2n) is 7.10. The lowest BCUT2D eigenvalue weighted by molar-refractivity contribution is -0.137. The van der Waals surface area contributed by atoms with E-state index in [1.165, 1.54) is 18.6 Å². The molecule has 0 radical (unpaired) electrons. The van der Waals surface area contributed by atoms with E-state index >= 15 is 0 Å². The third-order valence-corrected chi connectivity index (χ3v) is 5.99. The van der Waals surface area contributed by atoms with Gasteiger partial charge in [0.05, 0.1) is 21.8 Å². The van der Waals surface area contributed by atoms with Crippen LogP contribution in [0, 0.1) is 0 Å². The van der Waals surface area contributed by atoms with Gasteiger partial charge in [0.25, 0.3) is 5.91 Å². The Morgan fingerprint density at radius 2 is 1.91 bits per heavy atom. The van der Waals surface area contributed by atoms with E-state index in [1.54, 1.807) is 6.92 Å². The quantitative estimate of drug-likeness (QED) is 0.365. The van der Waals surface area contributed by atoms with Crippen molar-refractivity contribution in [3.63, 3.8) is 0 Å². The van der Waals surface area contributed by atoms with Gasteiger partial charge in [0.2, 0.25) is 0 Å². The molecule has 0 saturated heterocycles. The van der Waals surface area contributed by atoms with Crippen LogP contribution in [0.1, 0.15) is 50.0 Å². The van der Waals surface area contributed by atoms with Gasteiger partial charge in [-0.05, 0) is 6.07 Å². The first-order valence-electron chi connectivity index (χ1n) is 9.87. The number of carbonyl (C=O) groups is 2. The number of alkyl halides is 3. The summed E-state index contributed by atoms with van der Waals surface area (Å²) >= 11 is 6.56. The number of amides is 1. The smallest absolute Gasteiger partial charge is 0.369 e. The number of nitrogens with zero attached hydrogens (tertiary/aromatic N) is 4. The largest absolute Gasteiger partial charge is 0.418 e. The maximum atomic E-state index is 13.0. The number of Topliss-reactive ketones (excluding diaryl/α,β-unsaturated/α-hetero) is 1. The lowest BCUT2D eigenvalue weighted by Crippen LogP contribution is -2.15. The Morgan fingerprint density at radius 1 is 1.15 bits per heavy atom. The SMILES string of the molecule is CC(CC(=O)c1cc(NCCN)ncn1)c1ncc(C(=O)Nc2cc(C(F)(F)F)c(Cl)cn2)s1. The molecule has 4 N–H and O–H groups in total. The molecule has 1 atom stereocenters. The number of aromatic nitrogens is 4. The zero-order valence-electron chi connectivity index (χ0n) is 17.7. The number of halogens is 4. The third-order valence-electron chi connectivity index (χ3n) is 4.47. The van der Waals surface area contributed by atoms with Crippen LogP contribution < -0.4 is 16.4 Å². The topological polar surface area (TPSA) is 136 Å². The molecule has 14 heteroatoms. The van der Waals surface area contributed by atoms with Gasteiger partial charge in [-0.2, -0.15) is 13.2 Å². The monoisotopic (exact) mass is 513 g/mol. The number of hydrogen-bond acceptors (Lipinski definition) is 9. The van der Waals surface area contributed by atoms with Crippen molar-refractivity contribution in [1.82, 2.24) is 19.9 Å². The number of pyridine rings is 1. The summed E-state index contributed by atoms with van der Waals surface area (Å²) in [6.07, 6.45) is -1.23. The van der Waals surface area contributed by atoms with E-state index in [0.717, 1.165) is 17.5 Å². The van der Waals surface area contributed by atoms with Gasteiger partial charge < -0.3 is 16.4 Å². The van der Waals surface area contributed by atoms with Crippen molar-refractivity contribution < 1.29 is 22.8 Å². The molecule has 0 fully saturated rings. The molecule has 0 bridgehead atoms. The average Bonchev–Trinajstić information content (AvgIpc) is 3.29. The number of hydrogen-bond donors (Lipinski definition) is 3. The minimum Gasteiger partial charge on any atom is -0.369 e. The van der Waals surface area contributed by atoms with Gasteiger partial charge in [-0.25, -0.2) is 19.9 Å². The zero-order chi connectivity index (χ0) is 24.9. The van der Waals surface area contributed by atoms with E-state index < -0.39 is 22.7 Å². The number of thiazole rings is 1. The van der Waals surface area contributed by atoms with Gasteiger partial charge >= 0.3 is 6.18 Å². The summed E-state index contributed by atoms with van der Waals surface area (Å²) in [6.45, 7) is 2.67. The Labute approximate surface area is 201 Å². The first-order chi connectivity index (χ1) is 16.1. The van der Waals surface area contributed by atoms with Crippen LogP contribution in [0.25, 0.3) is 0 Å². The molecule has 0 saturated carbocycles. The summed E-state index contributed by atoms with van der Waals surface area (Å²) in [7, 11) is 0. The summed E-state index contributed by atoms with van der Waals surface area (Å²) in [5, 5.41) is 5.20. The Hall–Kier alpha value is -3.16. The summed E-state index contributed by atoms with van der Waals surface area (Å²) < 4.78 is 39.0. The molecule has 34 heavy (non-hydrogen) atoms. The van der Waals surface area contributed by atoms with Crippen molar-refractivity contribution in [3.8, 4) is 0 Å². The Bertz CT molecular complexity index is 1190. The van der Waals surface area contributed by atoms with Crippen molar-refractivity contribution in [2.24, 2.45) is 5.73 Å². The highest BCUT2D eigenvalue weighted by Crippen LogP contribution is 2.35. The van der Waals surface area contributed by atoms with E-state index in [9.17, 15) is 22.8 Å². The number of ketones is 1. The Balaban J connectivity index is 1.65. The molecule has 1 unspecified atom stereocenters. The van der Waals surface area contributed by atoms with E-state index in [2.05, 4.69) is 30.6 Å². The Morgan fingerprint density at radius 3 is 2.62 bits per heavy atom. The predicted molar refractivity (Wildman–Crippen MR) is 121 cm³/mol. The fourth-order valence-corrected chi connectivity index (χ4v) is 3.87. The predicted octanol–water partition coefficient (Wildman–Crippen LogP) is 4.00. The van der Waals surface area contributed by atoms with Crippen molar-refractivity contribution in [2.45, 2.75) is 25.4 Å². The van der Waals surface area contributed by atoms with Crippen LogP contribution in [0.15, 0.2) is 30.9 Å². The summed E-state index contributed by atoms with van der Waals surface area (Å²) in [5.41, 5.74) is 4.56. The second-order valence-corrected chi connectivity index (χ2v) is 8.57. The average molecular weight is 514 g/mol. The van der Waals surface area contributed by atoms with Crippen molar-refractivity contribution in [1.29, 1.82) is 0 Å². The molecule has 1 amide bonds. The standard InChI is InChI=1S/C20H19ClF3N7O2S/c1-10(4-14(32)13-6-16(26-3-2-25)30-9-29-13)19-28-8-15(34-19)18(33)31-17-5-11(20(22,23)24)12(21)7-27-17/h5-10H,2-4,25H2,1H3,(H,26,29,30)(H,27,31,33). The van der Waals surface area contributed by atoms with E-state index in [-0.39, 0.29) is 34.5 Å². The fourth-order valence-electron chi connectivity index (χ4n) is 2.80. The minimum absolute atomic E-state index is 0.0790. The van der Waals surface area contributed by atoms with Crippen LogP contribution in [0.3, 0.4) is 0 Å². The third kappa shape index (κ3) is 6.46. The van der Waals surface area contributed by atoms with Gasteiger partial charge in [0.15, 0.2) is 5.78 Å². The van der Waals surface area contributed by atoms with Crippen LogP contribution in [0.5, 0.6) is 0 Å². The van der Waals surface area contributed by atoms with Crippen molar-refractivity contribution >= 4 is 46.3 Å². The lowest BCUT2D eigenvalue weighted by Gasteiger charge is -2.10. The number of nitrogens with two attached hydrogens (primary N) is 1. The van der Waals surface area contributed by atoms with Crippen LogP contribution in [-0.2, 0) is 6.18 Å². The number of rotatable bonds is 9. The van der Waals surface area contributed by atoms with Crippen molar-refractivity contribution in [3.05, 3.63) is 57.0 Å². The first-order valence-corrected chi connectivity index (χ1v) is 11.1. The van der Waals surface area contributed by atoms with Gasteiger partial charge in [-0.3, -0.25) is 9.59 Å². The molecule has 0 aromatic carbocycles. The summed E-state index contributed by atoms with van der Waals surface area (Å²) in [4.78, 5) is 41.1. The number of anilines is 2. The molecule has 3 rings (SSSR count). The molecule has 180 valence electrons. The van der Waals surface area contributed by atoms with Crippen LogP contribution in [0.4, 0.5) is 24.8 Å². The maximum Gasteiger partial charge on any atom is 0.418 e. The van der Waals surface area contributed by atoms with Gasteiger partial charge in [-0.1, -0.05) is 18.5 Å². The number of nitrogens with one attached hydrogen (secondary N) is 2. The highest BCUT2D eigenvalue weighted by atomic mass is 35.5. The van der Waals surface area contributed by atoms with Crippen LogP contribution >= 0.6 is 22.9 Å². The highest BCUT2D eigenvalue weighted by molar-refractivity contribution is 7.13. The normalized spacial score (nSPS) is 12.3. The Kier molecular flexibility index (Phi) is 8.12. The molecule has 0 aliphatic carbocycles. The second kappa shape index (κ2) is 10.8. The zero-order valence-corrected chi connectivity index (χ0v) is 19.3. The fraction of sp³-hybridized carbons (Fsp3) is 0.300. The molecule has 3 heterocycles. The van der Waals surface area contributed by atoms with Crippen molar-refractivity contribution in [2.75, 3.05) is 23.7 Å². The van der Waals surface area contributed by atoms with Crippen LogP contribution in [-0.4, -0.2) is 44.7 Å². The molecule has 9 nitrogen and oxygen atoms in total. The van der Waals surface area contributed by atoms with E-state index in [0.29, 0.717) is 30.0 Å². The molecule has 0 spiro atoms. The van der Waals surface area contributed by atoms with E-state index in [4.69, 9.17) is 17.3 Å². The maximum absolute atomic E-state index is 13.0. The molecule has 0 aliphatic rings. The van der Waals surface area contributed by atoms with Crippen LogP contribution in [0.2, 0.25) is 5.02 Å². The lowest BCUT2D eigenvalue weighted by atomic mass is 10.0. The molecular weight excluding hydrogens is 495 g/mol.